The van der Waals surface area contributed by atoms with Crippen molar-refractivity contribution in [3.63, 3.8) is 0 Å². The molecule has 4 aromatic rings. The maximum atomic E-state index is 12.3. The molecule has 2 aromatic heterocycles. The van der Waals surface area contributed by atoms with Crippen LogP contribution in [0.1, 0.15) is 5.56 Å². The number of para-hydroxylation sites is 2. The highest BCUT2D eigenvalue weighted by Crippen LogP contribution is 2.30. The first-order valence-electron chi connectivity index (χ1n) is 8.18. The largest absolute Gasteiger partial charge is 0.420 e. The summed E-state index contributed by atoms with van der Waals surface area (Å²) in [6.07, 6.45) is 0. The molecule has 0 aliphatic rings. The summed E-state index contributed by atoms with van der Waals surface area (Å²) >= 11 is 8.89. The van der Waals surface area contributed by atoms with Gasteiger partial charge >= 0.3 is 5.76 Å². The van der Waals surface area contributed by atoms with Gasteiger partial charge in [-0.2, -0.15) is 0 Å². The number of hydrogen-bond donors (Lipinski definition) is 1. The lowest BCUT2D eigenvalue weighted by Gasteiger charge is -2.02. The van der Waals surface area contributed by atoms with Gasteiger partial charge in [0.1, 0.15) is 6.54 Å². The number of anilines is 1. The summed E-state index contributed by atoms with van der Waals surface area (Å²) in [6, 6.07) is 14.5. The number of amides is 1. The van der Waals surface area contributed by atoms with Crippen LogP contribution in [0.5, 0.6) is 0 Å². The summed E-state index contributed by atoms with van der Waals surface area (Å²) in [4.78, 5) is 24.3. The maximum Gasteiger partial charge on any atom is 0.420 e. The molecule has 0 unspecified atom stereocenters. The molecule has 0 saturated carbocycles. The van der Waals surface area contributed by atoms with Crippen LogP contribution in [0.4, 0.5) is 5.13 Å². The van der Waals surface area contributed by atoms with Gasteiger partial charge in [-0.15, -0.1) is 10.2 Å². The van der Waals surface area contributed by atoms with E-state index in [1.807, 2.05) is 24.3 Å². The Hall–Kier alpha value is -2.62. The number of oxazole rings is 1. The highest BCUT2D eigenvalue weighted by molar-refractivity contribution is 8.00. The molecule has 0 aliphatic carbocycles. The van der Waals surface area contributed by atoms with Crippen molar-refractivity contribution in [2.24, 2.45) is 0 Å². The van der Waals surface area contributed by atoms with E-state index < -0.39 is 5.76 Å². The van der Waals surface area contributed by atoms with Gasteiger partial charge < -0.3 is 4.42 Å². The molecule has 0 radical (unpaired) electrons. The van der Waals surface area contributed by atoms with Crippen LogP contribution in [-0.2, 0) is 17.1 Å². The van der Waals surface area contributed by atoms with Crippen molar-refractivity contribution in [3.8, 4) is 0 Å². The molecule has 0 bridgehead atoms. The predicted octanol–water partition coefficient (Wildman–Crippen LogP) is 4.03. The van der Waals surface area contributed by atoms with Crippen molar-refractivity contribution in [2.75, 3.05) is 5.32 Å². The molecule has 0 spiro atoms. The highest BCUT2D eigenvalue weighted by atomic mass is 35.5. The van der Waals surface area contributed by atoms with Crippen molar-refractivity contribution >= 4 is 56.8 Å². The number of thioether (sulfide) groups is 1. The third kappa shape index (κ3) is 4.11. The molecule has 1 N–H and O–H groups in total. The SMILES string of the molecule is O=C(Cn1c(=O)oc2ccccc21)Nc1nnc(SCc2ccccc2Cl)s1. The van der Waals surface area contributed by atoms with E-state index in [9.17, 15) is 9.59 Å². The number of halogens is 1. The number of rotatable bonds is 6. The van der Waals surface area contributed by atoms with Crippen LogP contribution in [-0.4, -0.2) is 20.7 Å². The minimum Gasteiger partial charge on any atom is -0.408 e. The Morgan fingerprint density at radius 2 is 1.96 bits per heavy atom. The fourth-order valence-electron chi connectivity index (χ4n) is 2.54. The Bertz CT molecular complexity index is 1200. The maximum absolute atomic E-state index is 12.3. The molecule has 2 aromatic carbocycles. The van der Waals surface area contributed by atoms with Gasteiger partial charge in [0.25, 0.3) is 0 Å². The third-order valence-corrected chi connectivity index (χ3v) is 6.23. The van der Waals surface area contributed by atoms with E-state index in [0.717, 1.165) is 5.56 Å². The minimum atomic E-state index is -0.579. The number of nitrogens with zero attached hydrogens (tertiary/aromatic N) is 3. The Kier molecular flexibility index (Phi) is 5.47. The number of benzene rings is 2. The van der Waals surface area contributed by atoms with Crippen LogP contribution < -0.4 is 11.1 Å². The average Bonchev–Trinajstić information content (AvgIpc) is 3.25. The lowest BCUT2D eigenvalue weighted by atomic mass is 10.2. The van der Waals surface area contributed by atoms with E-state index in [0.29, 0.717) is 31.3 Å². The Morgan fingerprint density at radius 1 is 1.18 bits per heavy atom. The van der Waals surface area contributed by atoms with Crippen LogP contribution in [0.3, 0.4) is 0 Å². The van der Waals surface area contributed by atoms with Crippen molar-refractivity contribution in [1.82, 2.24) is 14.8 Å². The third-order valence-electron chi connectivity index (χ3n) is 3.84. The van der Waals surface area contributed by atoms with E-state index in [-0.39, 0.29) is 12.5 Å². The normalized spacial score (nSPS) is 11.0. The summed E-state index contributed by atoms with van der Waals surface area (Å²) < 4.78 is 7.11. The zero-order chi connectivity index (χ0) is 19.5. The molecular weight excluding hydrogens is 420 g/mol. The molecule has 0 fully saturated rings. The number of aromatic nitrogens is 3. The number of carbonyl (C=O) groups is 1. The topological polar surface area (TPSA) is 90.0 Å². The van der Waals surface area contributed by atoms with Crippen molar-refractivity contribution < 1.29 is 9.21 Å². The van der Waals surface area contributed by atoms with Crippen LogP contribution in [0, 0.1) is 0 Å². The summed E-state index contributed by atoms with van der Waals surface area (Å²) in [6.45, 7) is -0.169. The van der Waals surface area contributed by atoms with Gasteiger partial charge in [0.05, 0.1) is 5.52 Å². The molecule has 142 valence electrons. The minimum absolute atomic E-state index is 0.169. The fraction of sp³-hybridized carbons (Fsp3) is 0.111. The van der Waals surface area contributed by atoms with Gasteiger partial charge in [0.15, 0.2) is 9.92 Å². The lowest BCUT2D eigenvalue weighted by Crippen LogP contribution is -2.24. The first kappa shape index (κ1) is 18.7. The molecule has 4 rings (SSSR count). The molecule has 0 aliphatic heterocycles. The summed E-state index contributed by atoms with van der Waals surface area (Å²) in [7, 11) is 0. The van der Waals surface area contributed by atoms with Crippen molar-refractivity contribution in [3.05, 3.63) is 69.7 Å². The second-order valence-corrected chi connectivity index (χ2v) is 8.33. The molecule has 0 atom stereocenters. The predicted molar refractivity (Wildman–Crippen MR) is 110 cm³/mol. The second kappa shape index (κ2) is 8.17. The van der Waals surface area contributed by atoms with Gasteiger partial charge in [0, 0.05) is 10.8 Å². The number of hydrogen-bond acceptors (Lipinski definition) is 7. The standard InChI is InChI=1S/C18H13ClN4O3S2/c19-12-6-2-1-5-11(12)10-27-17-22-21-16(28-17)20-15(24)9-23-13-7-3-4-8-14(13)26-18(23)25/h1-8H,9-10H2,(H,20,21,24). The molecule has 0 saturated heterocycles. The quantitative estimate of drug-likeness (QED) is 0.365. The van der Waals surface area contributed by atoms with Crippen molar-refractivity contribution in [2.45, 2.75) is 16.6 Å². The van der Waals surface area contributed by atoms with Gasteiger partial charge in [0.2, 0.25) is 11.0 Å². The summed E-state index contributed by atoms with van der Waals surface area (Å²) in [5.41, 5.74) is 2.01. The van der Waals surface area contributed by atoms with E-state index in [1.165, 1.54) is 27.7 Å². The molecule has 28 heavy (non-hydrogen) atoms. The van der Waals surface area contributed by atoms with E-state index >= 15 is 0 Å². The van der Waals surface area contributed by atoms with Crippen molar-refractivity contribution in [1.29, 1.82) is 0 Å². The molecule has 2 heterocycles. The van der Waals surface area contributed by atoms with E-state index in [4.69, 9.17) is 16.0 Å². The van der Waals surface area contributed by atoms with E-state index in [2.05, 4.69) is 15.5 Å². The zero-order valence-corrected chi connectivity index (χ0v) is 16.7. The Morgan fingerprint density at radius 3 is 2.82 bits per heavy atom. The molecule has 10 heteroatoms. The first-order chi connectivity index (χ1) is 13.6. The fourth-order valence-corrected chi connectivity index (χ4v) is 4.59. The zero-order valence-electron chi connectivity index (χ0n) is 14.3. The van der Waals surface area contributed by atoms with Crippen LogP contribution in [0.15, 0.2) is 62.1 Å². The number of carbonyl (C=O) groups excluding carboxylic acids is 1. The lowest BCUT2D eigenvalue weighted by molar-refractivity contribution is -0.116. The van der Waals surface area contributed by atoms with Crippen LogP contribution >= 0.6 is 34.7 Å². The smallest absolute Gasteiger partial charge is 0.408 e. The van der Waals surface area contributed by atoms with Crippen LogP contribution in [0.2, 0.25) is 5.02 Å². The first-order valence-corrected chi connectivity index (χ1v) is 10.4. The summed E-state index contributed by atoms with van der Waals surface area (Å²) in [5, 5.41) is 11.8. The monoisotopic (exact) mass is 432 g/mol. The van der Waals surface area contributed by atoms with Gasteiger partial charge in [-0.1, -0.05) is 65.0 Å². The molecule has 1 amide bonds. The van der Waals surface area contributed by atoms with E-state index in [1.54, 1.807) is 24.3 Å². The Balaban J connectivity index is 1.39. The van der Waals surface area contributed by atoms with Gasteiger partial charge in [-0.3, -0.25) is 14.7 Å². The Labute approximate surface area is 172 Å². The summed E-state index contributed by atoms with van der Waals surface area (Å²) in [5.74, 6) is -0.310. The van der Waals surface area contributed by atoms with Gasteiger partial charge in [-0.25, -0.2) is 4.79 Å². The molecule has 7 nitrogen and oxygen atoms in total. The number of nitrogens with one attached hydrogen (secondary N) is 1. The molecular formula is C18H13ClN4O3S2. The second-order valence-electron chi connectivity index (χ2n) is 5.72. The van der Waals surface area contributed by atoms with Crippen LogP contribution in [0.25, 0.3) is 11.1 Å². The number of fused-ring (bicyclic) bond motifs is 1. The highest BCUT2D eigenvalue weighted by Gasteiger charge is 2.14. The van der Waals surface area contributed by atoms with Gasteiger partial charge in [-0.05, 0) is 23.8 Å². The average molecular weight is 433 g/mol.